The van der Waals surface area contributed by atoms with Crippen molar-refractivity contribution in [1.82, 2.24) is 10.6 Å². The van der Waals surface area contributed by atoms with Gasteiger partial charge in [0.2, 0.25) is 5.91 Å². The molecular weight excluding hydrogens is 180 g/mol. The van der Waals surface area contributed by atoms with Crippen molar-refractivity contribution in [3.63, 3.8) is 0 Å². The molecule has 0 radical (unpaired) electrons. The van der Waals surface area contributed by atoms with E-state index in [9.17, 15) is 4.79 Å². The second-order valence-corrected chi connectivity index (χ2v) is 3.79. The first-order chi connectivity index (χ1) is 6.56. The van der Waals surface area contributed by atoms with Gasteiger partial charge < -0.3 is 15.4 Å². The summed E-state index contributed by atoms with van der Waals surface area (Å²) in [6, 6.07) is 0.520. The normalized spacial score (nSPS) is 12.9. The van der Waals surface area contributed by atoms with Gasteiger partial charge in [-0.25, -0.2) is 0 Å². The Hall–Kier alpha value is -0.610. The fraction of sp³-hybridized carbons (Fsp3) is 0.900. The lowest BCUT2D eigenvalue weighted by Gasteiger charge is -2.14. The molecule has 2 N–H and O–H groups in total. The zero-order chi connectivity index (χ0) is 11.0. The van der Waals surface area contributed by atoms with Gasteiger partial charge in [-0.2, -0.15) is 0 Å². The highest BCUT2D eigenvalue weighted by molar-refractivity contribution is 5.78. The van der Waals surface area contributed by atoms with Crippen LogP contribution in [0.1, 0.15) is 27.2 Å². The molecule has 0 bridgehead atoms. The monoisotopic (exact) mass is 202 g/mol. The molecule has 14 heavy (non-hydrogen) atoms. The van der Waals surface area contributed by atoms with Crippen molar-refractivity contribution >= 4 is 5.91 Å². The van der Waals surface area contributed by atoms with E-state index < -0.39 is 0 Å². The third-order valence-corrected chi connectivity index (χ3v) is 1.82. The second-order valence-electron chi connectivity index (χ2n) is 3.79. The van der Waals surface area contributed by atoms with Crippen molar-refractivity contribution in [2.45, 2.75) is 39.3 Å². The SMILES string of the molecule is COCCC(C)NCC(=O)NC(C)C. The van der Waals surface area contributed by atoms with Crippen LogP contribution < -0.4 is 10.6 Å². The van der Waals surface area contributed by atoms with Gasteiger partial charge in [-0.1, -0.05) is 0 Å². The van der Waals surface area contributed by atoms with Gasteiger partial charge >= 0.3 is 0 Å². The number of ether oxygens (including phenoxy) is 1. The third-order valence-electron chi connectivity index (χ3n) is 1.82. The van der Waals surface area contributed by atoms with Gasteiger partial charge in [0.25, 0.3) is 0 Å². The maximum absolute atomic E-state index is 11.2. The predicted molar refractivity (Wildman–Crippen MR) is 57.2 cm³/mol. The first kappa shape index (κ1) is 13.4. The molecule has 1 atom stereocenters. The topological polar surface area (TPSA) is 50.4 Å². The molecule has 0 saturated heterocycles. The van der Waals surface area contributed by atoms with Crippen molar-refractivity contribution in [2.24, 2.45) is 0 Å². The average Bonchev–Trinajstić information content (AvgIpc) is 2.10. The summed E-state index contributed by atoms with van der Waals surface area (Å²) >= 11 is 0. The molecule has 4 nitrogen and oxygen atoms in total. The first-order valence-corrected chi connectivity index (χ1v) is 5.08. The molecule has 0 rings (SSSR count). The van der Waals surface area contributed by atoms with Gasteiger partial charge in [-0.05, 0) is 27.2 Å². The summed E-state index contributed by atoms with van der Waals surface area (Å²) in [5.41, 5.74) is 0. The van der Waals surface area contributed by atoms with E-state index in [1.165, 1.54) is 0 Å². The van der Waals surface area contributed by atoms with Crippen molar-refractivity contribution in [1.29, 1.82) is 0 Å². The molecule has 0 fully saturated rings. The van der Waals surface area contributed by atoms with E-state index in [0.29, 0.717) is 12.6 Å². The number of hydrogen-bond acceptors (Lipinski definition) is 3. The number of hydrogen-bond donors (Lipinski definition) is 2. The van der Waals surface area contributed by atoms with Crippen LogP contribution in [0.5, 0.6) is 0 Å². The average molecular weight is 202 g/mol. The Labute approximate surface area is 86.4 Å². The molecule has 1 amide bonds. The maximum atomic E-state index is 11.2. The number of carbonyl (C=O) groups is 1. The summed E-state index contributed by atoms with van der Waals surface area (Å²) in [5, 5.41) is 5.95. The Morgan fingerprint density at radius 3 is 2.50 bits per heavy atom. The van der Waals surface area contributed by atoms with E-state index in [0.717, 1.165) is 13.0 Å². The largest absolute Gasteiger partial charge is 0.385 e. The van der Waals surface area contributed by atoms with Crippen LogP contribution >= 0.6 is 0 Å². The number of carbonyl (C=O) groups excluding carboxylic acids is 1. The molecule has 0 saturated carbocycles. The molecule has 0 aliphatic carbocycles. The first-order valence-electron chi connectivity index (χ1n) is 5.08. The van der Waals surface area contributed by atoms with E-state index in [-0.39, 0.29) is 11.9 Å². The molecule has 4 heteroatoms. The lowest BCUT2D eigenvalue weighted by atomic mass is 10.2. The molecule has 0 aromatic rings. The minimum absolute atomic E-state index is 0.0456. The second kappa shape index (κ2) is 7.76. The Bertz CT molecular complexity index is 160. The molecule has 0 aromatic heterocycles. The van der Waals surface area contributed by atoms with Gasteiger partial charge in [-0.15, -0.1) is 0 Å². The minimum atomic E-state index is 0.0456. The van der Waals surface area contributed by atoms with Crippen LogP contribution in [0.2, 0.25) is 0 Å². The summed E-state index contributed by atoms with van der Waals surface area (Å²) in [6.45, 7) is 7.04. The lowest BCUT2D eigenvalue weighted by molar-refractivity contribution is -0.120. The standard InChI is InChI=1S/C10H22N2O2/c1-8(2)12-10(13)7-11-9(3)5-6-14-4/h8-9,11H,5-7H2,1-4H3,(H,12,13). The summed E-state index contributed by atoms with van der Waals surface area (Å²) in [5.74, 6) is 0.0456. The zero-order valence-corrected chi connectivity index (χ0v) is 9.59. The molecule has 0 aliphatic heterocycles. The molecule has 84 valence electrons. The summed E-state index contributed by atoms with van der Waals surface area (Å²) in [4.78, 5) is 11.2. The van der Waals surface area contributed by atoms with Crippen molar-refractivity contribution in [3.8, 4) is 0 Å². The zero-order valence-electron chi connectivity index (χ0n) is 9.59. The van der Waals surface area contributed by atoms with E-state index in [2.05, 4.69) is 10.6 Å². The Morgan fingerprint density at radius 2 is 2.00 bits per heavy atom. The highest BCUT2D eigenvalue weighted by Crippen LogP contribution is 1.89. The van der Waals surface area contributed by atoms with Crippen LogP contribution in [0, 0.1) is 0 Å². The van der Waals surface area contributed by atoms with Gasteiger partial charge in [0.05, 0.1) is 6.54 Å². The van der Waals surface area contributed by atoms with Crippen LogP contribution in [0.25, 0.3) is 0 Å². The number of rotatable bonds is 7. The van der Waals surface area contributed by atoms with Gasteiger partial charge in [0.15, 0.2) is 0 Å². The fourth-order valence-corrected chi connectivity index (χ4v) is 1.04. The van der Waals surface area contributed by atoms with E-state index >= 15 is 0 Å². The molecule has 1 unspecified atom stereocenters. The molecule has 0 spiro atoms. The smallest absolute Gasteiger partial charge is 0.234 e. The Kier molecular flexibility index (Phi) is 7.42. The highest BCUT2D eigenvalue weighted by atomic mass is 16.5. The maximum Gasteiger partial charge on any atom is 0.234 e. The third kappa shape index (κ3) is 8.01. The minimum Gasteiger partial charge on any atom is -0.385 e. The van der Waals surface area contributed by atoms with Crippen molar-refractivity contribution < 1.29 is 9.53 Å². The predicted octanol–water partition coefficient (Wildman–Crippen LogP) is 0.526. The quantitative estimate of drug-likeness (QED) is 0.633. The van der Waals surface area contributed by atoms with E-state index in [4.69, 9.17) is 4.74 Å². The Morgan fingerprint density at radius 1 is 1.36 bits per heavy atom. The lowest BCUT2D eigenvalue weighted by Crippen LogP contribution is -2.40. The summed E-state index contributed by atoms with van der Waals surface area (Å²) < 4.78 is 4.94. The highest BCUT2D eigenvalue weighted by Gasteiger charge is 2.05. The summed E-state index contributed by atoms with van der Waals surface area (Å²) in [6.07, 6.45) is 0.922. The van der Waals surface area contributed by atoms with E-state index in [1.54, 1.807) is 7.11 Å². The van der Waals surface area contributed by atoms with Crippen molar-refractivity contribution in [3.05, 3.63) is 0 Å². The summed E-state index contributed by atoms with van der Waals surface area (Å²) in [7, 11) is 1.68. The Balaban J connectivity index is 3.45. The van der Waals surface area contributed by atoms with Crippen LogP contribution in [0.15, 0.2) is 0 Å². The van der Waals surface area contributed by atoms with Crippen LogP contribution in [-0.4, -0.2) is 38.3 Å². The van der Waals surface area contributed by atoms with Gasteiger partial charge in [0.1, 0.15) is 0 Å². The number of amides is 1. The number of methoxy groups -OCH3 is 1. The van der Waals surface area contributed by atoms with Crippen LogP contribution in [0.3, 0.4) is 0 Å². The number of nitrogens with one attached hydrogen (secondary N) is 2. The molecular formula is C10H22N2O2. The van der Waals surface area contributed by atoms with Gasteiger partial charge in [0, 0.05) is 25.8 Å². The molecule has 0 aromatic carbocycles. The molecule has 0 aliphatic rings. The fourth-order valence-electron chi connectivity index (χ4n) is 1.04. The van der Waals surface area contributed by atoms with Crippen molar-refractivity contribution in [2.75, 3.05) is 20.3 Å². The van der Waals surface area contributed by atoms with Gasteiger partial charge in [-0.3, -0.25) is 4.79 Å². The van der Waals surface area contributed by atoms with E-state index in [1.807, 2.05) is 20.8 Å². The van der Waals surface area contributed by atoms with Crippen LogP contribution in [0.4, 0.5) is 0 Å². The molecule has 0 heterocycles. The van der Waals surface area contributed by atoms with Crippen LogP contribution in [-0.2, 0) is 9.53 Å².